The highest BCUT2D eigenvalue weighted by Crippen LogP contribution is 2.36. The number of rotatable bonds is 10. The first-order valence-corrected chi connectivity index (χ1v) is 13.4. The van der Waals surface area contributed by atoms with Gasteiger partial charge >= 0.3 is 5.97 Å². The van der Waals surface area contributed by atoms with Crippen molar-refractivity contribution in [2.75, 3.05) is 19.8 Å². The normalized spacial score (nSPS) is 24.4. The van der Waals surface area contributed by atoms with Gasteiger partial charge in [-0.25, -0.2) is 8.42 Å². The molecule has 2 fully saturated rings. The van der Waals surface area contributed by atoms with Crippen molar-refractivity contribution in [1.29, 1.82) is 0 Å². The lowest BCUT2D eigenvalue weighted by Crippen LogP contribution is -2.41. The zero-order valence-electron chi connectivity index (χ0n) is 19.3. The molecule has 32 heavy (non-hydrogen) atoms. The molecule has 0 amide bonds. The number of carbonyl (C=O) groups is 1. The highest BCUT2D eigenvalue weighted by atomic mass is 32.2. The quantitative estimate of drug-likeness (QED) is 0.415. The Morgan fingerprint density at radius 2 is 2.03 bits per heavy atom. The fourth-order valence-corrected chi connectivity index (χ4v) is 6.45. The molecule has 180 valence electrons. The van der Waals surface area contributed by atoms with Crippen molar-refractivity contribution in [1.82, 2.24) is 4.31 Å². The highest BCUT2D eigenvalue weighted by Gasteiger charge is 2.41. The number of nitrogens with zero attached hydrogens (tertiary/aromatic N) is 1. The molecule has 1 saturated carbocycles. The van der Waals surface area contributed by atoms with Crippen LogP contribution in [0, 0.1) is 12.8 Å². The minimum atomic E-state index is -3.92. The second-order valence-electron chi connectivity index (χ2n) is 9.03. The summed E-state index contributed by atoms with van der Waals surface area (Å²) >= 11 is 0. The van der Waals surface area contributed by atoms with Crippen LogP contribution in [0.25, 0.3) is 0 Å². The zero-order chi connectivity index (χ0) is 23.1. The van der Waals surface area contributed by atoms with E-state index in [1.165, 1.54) is 4.31 Å². The molecule has 0 aromatic heterocycles. The first kappa shape index (κ1) is 25.0. The third-order valence-electron chi connectivity index (χ3n) is 6.47. The number of aliphatic hydroxyl groups excluding tert-OH is 1. The van der Waals surface area contributed by atoms with Gasteiger partial charge in [-0.3, -0.25) is 4.79 Å². The van der Waals surface area contributed by atoms with Gasteiger partial charge in [-0.05, 0) is 75.5 Å². The Bertz CT molecular complexity index is 869. The zero-order valence-corrected chi connectivity index (χ0v) is 20.1. The van der Waals surface area contributed by atoms with Crippen molar-refractivity contribution in [3.63, 3.8) is 0 Å². The molecule has 1 aliphatic heterocycles. The van der Waals surface area contributed by atoms with Crippen molar-refractivity contribution >= 4 is 16.0 Å². The van der Waals surface area contributed by atoms with Gasteiger partial charge in [-0.15, -0.1) is 0 Å². The van der Waals surface area contributed by atoms with Gasteiger partial charge in [0.1, 0.15) is 16.7 Å². The summed E-state index contributed by atoms with van der Waals surface area (Å²) in [6.07, 6.45) is 7.17. The van der Waals surface area contributed by atoms with Crippen LogP contribution in [0.3, 0.4) is 0 Å². The van der Waals surface area contributed by atoms with E-state index in [4.69, 9.17) is 9.47 Å². The summed E-state index contributed by atoms with van der Waals surface area (Å²) in [6, 6.07) is 4.34. The molecule has 1 aromatic carbocycles. The molecule has 3 rings (SSSR count). The predicted octanol–water partition coefficient (Wildman–Crippen LogP) is 3.81. The molecular weight excluding hydrogens is 430 g/mol. The maximum atomic E-state index is 13.6. The fourth-order valence-electron chi connectivity index (χ4n) is 4.70. The Balaban J connectivity index is 1.81. The third kappa shape index (κ3) is 6.02. The molecule has 1 saturated heterocycles. The summed E-state index contributed by atoms with van der Waals surface area (Å²) in [5.74, 6) is 0.280. The van der Waals surface area contributed by atoms with Crippen LogP contribution in [0.15, 0.2) is 23.1 Å². The molecule has 7 nitrogen and oxygen atoms in total. The van der Waals surface area contributed by atoms with Gasteiger partial charge in [-0.1, -0.05) is 25.8 Å². The molecule has 8 heteroatoms. The summed E-state index contributed by atoms with van der Waals surface area (Å²) in [7, 11) is -3.92. The van der Waals surface area contributed by atoms with Crippen LogP contribution < -0.4 is 4.74 Å². The number of esters is 1. The van der Waals surface area contributed by atoms with E-state index in [2.05, 4.69) is 0 Å². The average Bonchev–Trinajstić information content (AvgIpc) is 3.25. The molecule has 0 spiro atoms. The maximum Gasteiger partial charge on any atom is 0.324 e. The second-order valence-corrected chi connectivity index (χ2v) is 10.9. The predicted molar refractivity (Wildman–Crippen MR) is 122 cm³/mol. The first-order valence-electron chi connectivity index (χ1n) is 11.9. The van der Waals surface area contributed by atoms with E-state index in [-0.39, 0.29) is 17.6 Å². The second kappa shape index (κ2) is 11.5. The van der Waals surface area contributed by atoms with E-state index in [1.54, 1.807) is 18.2 Å². The molecule has 1 heterocycles. The molecule has 0 radical (unpaired) electrons. The van der Waals surface area contributed by atoms with Crippen molar-refractivity contribution in [3.05, 3.63) is 23.8 Å². The molecule has 1 N–H and O–H groups in total. The van der Waals surface area contributed by atoms with Crippen molar-refractivity contribution in [2.45, 2.75) is 88.7 Å². The summed E-state index contributed by atoms with van der Waals surface area (Å²) in [6.45, 7) is 4.69. The number of benzene rings is 1. The van der Waals surface area contributed by atoms with Crippen molar-refractivity contribution in [3.8, 4) is 5.75 Å². The number of aryl methyl sites for hydroxylation is 1. The van der Waals surface area contributed by atoms with Gasteiger partial charge in [0.25, 0.3) is 0 Å². The Morgan fingerprint density at radius 1 is 1.22 bits per heavy atom. The lowest BCUT2D eigenvalue weighted by molar-refractivity contribution is -0.147. The molecular formula is C24H37NO6S. The van der Waals surface area contributed by atoms with Gasteiger partial charge in [-0.2, -0.15) is 4.31 Å². The van der Waals surface area contributed by atoms with E-state index in [0.717, 1.165) is 50.5 Å². The van der Waals surface area contributed by atoms with E-state index < -0.39 is 22.0 Å². The fraction of sp³-hybridized carbons (Fsp3) is 0.708. The number of aliphatic hydroxyl groups is 1. The summed E-state index contributed by atoms with van der Waals surface area (Å²) in [4.78, 5) is 12.7. The largest absolute Gasteiger partial charge is 0.489 e. The topological polar surface area (TPSA) is 93.1 Å². The monoisotopic (exact) mass is 467 g/mol. The van der Waals surface area contributed by atoms with Crippen LogP contribution in [0.1, 0.15) is 70.3 Å². The lowest BCUT2D eigenvalue weighted by atomic mass is 9.85. The summed E-state index contributed by atoms with van der Waals surface area (Å²) < 4.78 is 40.1. The first-order chi connectivity index (χ1) is 15.4. The van der Waals surface area contributed by atoms with Crippen molar-refractivity contribution in [2.24, 2.45) is 5.92 Å². The summed E-state index contributed by atoms with van der Waals surface area (Å²) in [5, 5.41) is 9.28. The summed E-state index contributed by atoms with van der Waals surface area (Å²) in [5.41, 5.74) is 0.915. The maximum absolute atomic E-state index is 13.6. The van der Waals surface area contributed by atoms with Crippen LogP contribution in [-0.2, 0) is 19.6 Å². The lowest BCUT2D eigenvalue weighted by Gasteiger charge is -2.30. The van der Waals surface area contributed by atoms with Gasteiger partial charge < -0.3 is 14.6 Å². The number of hydrogen-bond donors (Lipinski definition) is 1. The standard InChI is InChI=1S/C24H37NO6S/c1-3-4-15-30-24(27)21-9-6-13-25(21)32(28,29)23-11-10-18(2)16-22(23)31-20-8-5-7-19(17-20)12-14-26/h10-11,16,19-21,26H,3-9,12-15,17H2,1-2H3/t19-,20-,21+/m1/s1. The Morgan fingerprint density at radius 3 is 2.78 bits per heavy atom. The number of hydrogen-bond acceptors (Lipinski definition) is 6. The molecule has 0 unspecified atom stereocenters. The Labute approximate surface area is 192 Å². The Kier molecular flexibility index (Phi) is 8.96. The van der Waals surface area contributed by atoms with Crippen LogP contribution in [-0.4, -0.2) is 55.7 Å². The van der Waals surface area contributed by atoms with Gasteiger partial charge in [0, 0.05) is 13.2 Å². The smallest absolute Gasteiger partial charge is 0.324 e. The number of sulfonamides is 1. The molecule has 1 aliphatic carbocycles. The minimum Gasteiger partial charge on any atom is -0.489 e. The highest BCUT2D eigenvalue weighted by molar-refractivity contribution is 7.89. The average molecular weight is 468 g/mol. The molecule has 3 atom stereocenters. The van der Waals surface area contributed by atoms with Crippen LogP contribution in [0.2, 0.25) is 0 Å². The number of carbonyl (C=O) groups excluding carboxylic acids is 1. The van der Waals surface area contributed by atoms with E-state index >= 15 is 0 Å². The number of unbranched alkanes of at least 4 members (excludes halogenated alkanes) is 1. The molecule has 1 aromatic rings. The molecule has 2 aliphatic rings. The van der Waals surface area contributed by atoms with Gasteiger partial charge in [0.2, 0.25) is 10.0 Å². The van der Waals surface area contributed by atoms with E-state index in [1.807, 2.05) is 13.8 Å². The SMILES string of the molecule is CCCCOC(=O)[C@@H]1CCCN1S(=O)(=O)c1ccc(C)cc1O[C@@H]1CCC[C@H](CCO)C1. The Hall–Kier alpha value is -1.64. The van der Waals surface area contributed by atoms with Crippen LogP contribution in [0.5, 0.6) is 5.75 Å². The molecule has 0 bridgehead atoms. The third-order valence-corrected chi connectivity index (χ3v) is 8.42. The minimum absolute atomic E-state index is 0.0792. The van der Waals surface area contributed by atoms with Crippen LogP contribution in [0.4, 0.5) is 0 Å². The van der Waals surface area contributed by atoms with Crippen molar-refractivity contribution < 1.29 is 27.8 Å². The van der Waals surface area contributed by atoms with Crippen LogP contribution >= 0.6 is 0 Å². The van der Waals surface area contributed by atoms with E-state index in [0.29, 0.717) is 37.7 Å². The van der Waals surface area contributed by atoms with Gasteiger partial charge in [0.05, 0.1) is 12.7 Å². The van der Waals surface area contributed by atoms with Gasteiger partial charge in [0.15, 0.2) is 0 Å². The van der Waals surface area contributed by atoms with E-state index in [9.17, 15) is 18.3 Å². The number of ether oxygens (including phenoxy) is 2.